The van der Waals surface area contributed by atoms with Gasteiger partial charge in [-0.25, -0.2) is 18.7 Å². The van der Waals surface area contributed by atoms with E-state index in [1.54, 1.807) is 25.1 Å². The highest BCUT2D eigenvalue weighted by Crippen LogP contribution is 2.23. The first kappa shape index (κ1) is 15.3. The molecule has 0 aliphatic heterocycles. The number of amides is 1. The van der Waals surface area contributed by atoms with Crippen LogP contribution >= 0.6 is 11.6 Å². The molecule has 1 amide bonds. The number of alkyl halides is 2. The normalized spacial score (nSPS) is 10.8. The third-order valence-corrected chi connectivity index (χ3v) is 3.24. The van der Waals surface area contributed by atoms with E-state index in [-0.39, 0.29) is 11.5 Å². The molecule has 0 aliphatic carbocycles. The molecule has 1 heterocycles. The summed E-state index contributed by atoms with van der Waals surface area (Å²) < 4.78 is 25.4. The first-order chi connectivity index (χ1) is 9.88. The Bertz CT molecular complexity index is 692. The minimum absolute atomic E-state index is 0.112. The first-order valence-electron chi connectivity index (χ1n) is 6.08. The van der Waals surface area contributed by atoms with Crippen LogP contribution in [0.4, 0.5) is 14.5 Å². The third kappa shape index (κ3) is 3.52. The lowest BCUT2D eigenvalue weighted by Gasteiger charge is -2.10. The van der Waals surface area contributed by atoms with Gasteiger partial charge >= 0.3 is 0 Å². The maximum absolute atomic E-state index is 12.7. The number of benzene rings is 1. The second-order valence-electron chi connectivity index (χ2n) is 4.39. The molecule has 0 atom stereocenters. The van der Waals surface area contributed by atoms with Gasteiger partial charge in [0, 0.05) is 10.7 Å². The molecule has 0 fully saturated rings. The number of rotatable bonds is 3. The van der Waals surface area contributed by atoms with E-state index in [0.29, 0.717) is 16.3 Å². The van der Waals surface area contributed by atoms with Crippen molar-refractivity contribution in [1.29, 1.82) is 0 Å². The summed E-state index contributed by atoms with van der Waals surface area (Å²) in [7, 11) is 0. The van der Waals surface area contributed by atoms with Crippen LogP contribution in [0.1, 0.15) is 34.0 Å². The maximum Gasteiger partial charge on any atom is 0.280 e. The van der Waals surface area contributed by atoms with E-state index < -0.39 is 18.0 Å². The molecular formula is C14H12ClF2N3O. The molecule has 0 radical (unpaired) electrons. The van der Waals surface area contributed by atoms with Gasteiger partial charge in [-0.3, -0.25) is 4.79 Å². The van der Waals surface area contributed by atoms with Crippen LogP contribution in [-0.4, -0.2) is 15.9 Å². The topological polar surface area (TPSA) is 54.9 Å². The maximum atomic E-state index is 12.7. The summed E-state index contributed by atoms with van der Waals surface area (Å²) in [5.41, 5.74) is 0.599. The van der Waals surface area contributed by atoms with Crippen molar-refractivity contribution in [2.24, 2.45) is 0 Å². The van der Waals surface area contributed by atoms with Crippen LogP contribution in [0.2, 0.25) is 5.02 Å². The lowest BCUT2D eigenvalue weighted by atomic mass is 10.2. The predicted octanol–water partition coefficient (Wildman–Crippen LogP) is 3.94. The number of hydrogen-bond donors (Lipinski definition) is 1. The number of hydrogen-bond acceptors (Lipinski definition) is 3. The predicted molar refractivity (Wildman–Crippen MR) is 75.9 cm³/mol. The van der Waals surface area contributed by atoms with Gasteiger partial charge in [-0.15, -0.1) is 0 Å². The number of aromatic nitrogens is 2. The van der Waals surface area contributed by atoms with E-state index in [1.807, 2.05) is 0 Å². The summed E-state index contributed by atoms with van der Waals surface area (Å²) in [6.07, 6.45) is -2.76. The standard InChI is InChI=1S/C14H12ClF2N3O/c1-7-9(15)4-3-5-10(7)20-14(21)12-6-11(13(16)17)18-8(2)19-12/h3-6,13H,1-2H3,(H,20,21). The Kier molecular flexibility index (Phi) is 4.47. The molecule has 1 aromatic carbocycles. The Hall–Kier alpha value is -2.08. The van der Waals surface area contributed by atoms with Crippen LogP contribution in [0, 0.1) is 13.8 Å². The molecule has 0 bridgehead atoms. The van der Waals surface area contributed by atoms with E-state index in [9.17, 15) is 13.6 Å². The summed E-state index contributed by atoms with van der Waals surface area (Å²) in [6.45, 7) is 3.20. The minimum atomic E-state index is -2.76. The molecule has 21 heavy (non-hydrogen) atoms. The van der Waals surface area contributed by atoms with Gasteiger partial charge in [-0.2, -0.15) is 0 Å². The van der Waals surface area contributed by atoms with E-state index in [2.05, 4.69) is 15.3 Å². The molecule has 0 aliphatic rings. The Morgan fingerprint density at radius 3 is 2.67 bits per heavy atom. The quantitative estimate of drug-likeness (QED) is 0.934. The molecular weight excluding hydrogens is 300 g/mol. The van der Waals surface area contributed by atoms with E-state index >= 15 is 0 Å². The average molecular weight is 312 g/mol. The van der Waals surface area contributed by atoms with E-state index in [4.69, 9.17) is 11.6 Å². The molecule has 2 aromatic rings. The number of carbonyl (C=O) groups excluding carboxylic acids is 1. The highest BCUT2D eigenvalue weighted by atomic mass is 35.5. The van der Waals surface area contributed by atoms with Gasteiger partial charge in [0.05, 0.1) is 0 Å². The Morgan fingerprint density at radius 1 is 1.29 bits per heavy atom. The van der Waals surface area contributed by atoms with Crippen LogP contribution in [-0.2, 0) is 0 Å². The minimum Gasteiger partial charge on any atom is -0.320 e. The zero-order chi connectivity index (χ0) is 15.6. The van der Waals surface area contributed by atoms with Gasteiger partial charge in [-0.1, -0.05) is 17.7 Å². The molecule has 0 spiro atoms. The number of nitrogens with zero attached hydrogens (tertiary/aromatic N) is 2. The van der Waals surface area contributed by atoms with Crippen molar-refractivity contribution in [3.63, 3.8) is 0 Å². The molecule has 0 unspecified atom stereocenters. The van der Waals surface area contributed by atoms with Gasteiger partial charge < -0.3 is 5.32 Å². The molecule has 1 N–H and O–H groups in total. The van der Waals surface area contributed by atoms with Crippen LogP contribution in [0.25, 0.3) is 0 Å². The number of nitrogens with one attached hydrogen (secondary N) is 1. The van der Waals surface area contributed by atoms with Crippen LogP contribution in [0.5, 0.6) is 0 Å². The number of carbonyl (C=O) groups is 1. The van der Waals surface area contributed by atoms with Gasteiger partial charge in [0.1, 0.15) is 17.2 Å². The van der Waals surface area contributed by atoms with Crippen molar-refractivity contribution < 1.29 is 13.6 Å². The summed E-state index contributed by atoms with van der Waals surface area (Å²) >= 11 is 5.96. The molecule has 0 saturated carbocycles. The second kappa shape index (κ2) is 6.13. The summed E-state index contributed by atoms with van der Waals surface area (Å²) in [5.74, 6) is -0.478. The Balaban J connectivity index is 2.30. The van der Waals surface area contributed by atoms with Crippen molar-refractivity contribution in [1.82, 2.24) is 9.97 Å². The van der Waals surface area contributed by atoms with Crippen molar-refractivity contribution >= 4 is 23.2 Å². The summed E-state index contributed by atoms with van der Waals surface area (Å²) in [4.78, 5) is 19.6. The van der Waals surface area contributed by atoms with E-state index in [1.165, 1.54) is 6.92 Å². The average Bonchev–Trinajstić information content (AvgIpc) is 2.43. The van der Waals surface area contributed by atoms with E-state index in [0.717, 1.165) is 6.07 Å². The second-order valence-corrected chi connectivity index (χ2v) is 4.80. The lowest BCUT2D eigenvalue weighted by Crippen LogP contribution is -2.16. The molecule has 1 aromatic heterocycles. The van der Waals surface area contributed by atoms with Crippen LogP contribution in [0.15, 0.2) is 24.3 Å². The SMILES string of the molecule is Cc1nc(C(=O)Nc2cccc(Cl)c2C)cc(C(F)F)n1. The summed E-state index contributed by atoms with van der Waals surface area (Å²) in [5, 5.41) is 3.10. The molecule has 2 rings (SSSR count). The van der Waals surface area contributed by atoms with Gasteiger partial charge in [-0.05, 0) is 37.6 Å². The zero-order valence-electron chi connectivity index (χ0n) is 11.3. The number of aryl methyl sites for hydroxylation is 1. The molecule has 4 nitrogen and oxygen atoms in total. The van der Waals surface area contributed by atoms with Crippen molar-refractivity contribution in [2.75, 3.05) is 5.32 Å². The highest BCUT2D eigenvalue weighted by molar-refractivity contribution is 6.31. The highest BCUT2D eigenvalue weighted by Gasteiger charge is 2.16. The Morgan fingerprint density at radius 2 is 2.00 bits per heavy atom. The fourth-order valence-corrected chi connectivity index (χ4v) is 1.92. The monoisotopic (exact) mass is 311 g/mol. The van der Waals surface area contributed by atoms with Crippen LogP contribution < -0.4 is 5.32 Å². The molecule has 110 valence electrons. The van der Waals surface area contributed by atoms with Gasteiger partial charge in [0.2, 0.25) is 0 Å². The Labute approximate surface area is 125 Å². The largest absolute Gasteiger partial charge is 0.320 e. The van der Waals surface area contributed by atoms with Crippen LogP contribution in [0.3, 0.4) is 0 Å². The zero-order valence-corrected chi connectivity index (χ0v) is 12.1. The fourth-order valence-electron chi connectivity index (χ4n) is 1.75. The third-order valence-electron chi connectivity index (χ3n) is 2.83. The molecule has 7 heteroatoms. The number of anilines is 1. The summed E-state index contributed by atoms with van der Waals surface area (Å²) in [6, 6.07) is 6.02. The van der Waals surface area contributed by atoms with Gasteiger partial charge in [0.15, 0.2) is 0 Å². The van der Waals surface area contributed by atoms with Crippen molar-refractivity contribution in [3.05, 3.63) is 52.1 Å². The van der Waals surface area contributed by atoms with Crippen molar-refractivity contribution in [2.45, 2.75) is 20.3 Å². The first-order valence-corrected chi connectivity index (χ1v) is 6.46. The fraction of sp³-hybridized carbons (Fsp3) is 0.214. The van der Waals surface area contributed by atoms with Crippen molar-refractivity contribution in [3.8, 4) is 0 Å². The smallest absolute Gasteiger partial charge is 0.280 e. The number of halogens is 3. The molecule has 0 saturated heterocycles. The van der Waals surface area contributed by atoms with Gasteiger partial charge in [0.25, 0.3) is 12.3 Å². The lowest BCUT2D eigenvalue weighted by molar-refractivity contribution is 0.102.